The van der Waals surface area contributed by atoms with Crippen LogP contribution in [0, 0.1) is 25.5 Å². The van der Waals surface area contributed by atoms with Crippen molar-refractivity contribution < 1.29 is 18.7 Å². The van der Waals surface area contributed by atoms with Gasteiger partial charge in [-0.1, -0.05) is 6.07 Å². The van der Waals surface area contributed by atoms with Crippen LogP contribution in [0.1, 0.15) is 40.3 Å². The Morgan fingerprint density at radius 2 is 1.96 bits per heavy atom. The van der Waals surface area contributed by atoms with E-state index in [2.05, 4.69) is 10.4 Å². The first-order valence-electron chi connectivity index (χ1n) is 7.16. The van der Waals surface area contributed by atoms with E-state index in [0.29, 0.717) is 17.0 Å². The lowest BCUT2D eigenvalue weighted by atomic mass is 10.0. The van der Waals surface area contributed by atoms with Gasteiger partial charge in [0.25, 0.3) is 5.91 Å². The zero-order chi connectivity index (χ0) is 17.3. The Morgan fingerprint density at radius 3 is 2.48 bits per heavy atom. The summed E-state index contributed by atoms with van der Waals surface area (Å²) >= 11 is 0. The Morgan fingerprint density at radius 1 is 1.30 bits per heavy atom. The average molecular weight is 323 g/mol. The van der Waals surface area contributed by atoms with E-state index in [9.17, 15) is 18.7 Å². The van der Waals surface area contributed by atoms with Gasteiger partial charge in [0.05, 0.1) is 23.4 Å². The van der Waals surface area contributed by atoms with Crippen LogP contribution in [0.5, 0.6) is 0 Å². The maximum Gasteiger partial charge on any atom is 0.255 e. The van der Waals surface area contributed by atoms with Gasteiger partial charge in [-0.2, -0.15) is 5.10 Å². The van der Waals surface area contributed by atoms with Crippen molar-refractivity contribution in [3.05, 3.63) is 52.3 Å². The molecule has 7 heteroatoms. The predicted molar refractivity (Wildman–Crippen MR) is 80.9 cm³/mol. The molecular formula is C16H19F2N3O2. The predicted octanol–water partition coefficient (Wildman–Crippen LogP) is 2.17. The van der Waals surface area contributed by atoms with E-state index < -0.39 is 23.8 Å². The number of aliphatic hydroxyl groups excluding tert-OH is 1. The second-order valence-electron chi connectivity index (χ2n) is 5.55. The van der Waals surface area contributed by atoms with E-state index in [1.165, 1.54) is 6.07 Å². The minimum absolute atomic E-state index is 0.191. The smallest absolute Gasteiger partial charge is 0.255 e. The van der Waals surface area contributed by atoms with Gasteiger partial charge in [-0.05, 0) is 38.5 Å². The quantitative estimate of drug-likeness (QED) is 0.906. The van der Waals surface area contributed by atoms with Crippen molar-refractivity contribution in [2.24, 2.45) is 7.05 Å². The van der Waals surface area contributed by atoms with Gasteiger partial charge < -0.3 is 10.4 Å². The summed E-state index contributed by atoms with van der Waals surface area (Å²) in [6, 6.07) is 2.46. The molecule has 0 aliphatic heterocycles. The number of amides is 1. The molecule has 2 N–H and O–H groups in total. The van der Waals surface area contributed by atoms with Crippen LogP contribution in [0.4, 0.5) is 8.78 Å². The van der Waals surface area contributed by atoms with E-state index in [0.717, 1.165) is 12.1 Å². The molecule has 0 spiro atoms. The van der Waals surface area contributed by atoms with E-state index in [1.807, 2.05) is 0 Å². The number of carbonyl (C=O) groups is 1. The van der Waals surface area contributed by atoms with Crippen LogP contribution in [-0.2, 0) is 7.05 Å². The molecule has 0 aliphatic carbocycles. The fourth-order valence-corrected chi connectivity index (χ4v) is 2.45. The number of nitrogens with zero attached hydrogens (tertiary/aromatic N) is 2. The summed E-state index contributed by atoms with van der Waals surface area (Å²) < 4.78 is 27.8. The van der Waals surface area contributed by atoms with Crippen LogP contribution >= 0.6 is 0 Å². The Labute approximate surface area is 132 Å². The molecule has 0 saturated carbocycles. The molecule has 0 fully saturated rings. The Kier molecular flexibility index (Phi) is 4.79. The summed E-state index contributed by atoms with van der Waals surface area (Å²) in [4.78, 5) is 12.4. The number of rotatable bonds is 4. The number of aryl methyl sites for hydroxylation is 2. The van der Waals surface area contributed by atoms with Crippen LogP contribution in [0.3, 0.4) is 0 Å². The van der Waals surface area contributed by atoms with Gasteiger partial charge in [-0.25, -0.2) is 8.78 Å². The largest absolute Gasteiger partial charge is 0.386 e. The van der Waals surface area contributed by atoms with Gasteiger partial charge in [0.1, 0.15) is 0 Å². The fourth-order valence-electron chi connectivity index (χ4n) is 2.45. The van der Waals surface area contributed by atoms with Crippen LogP contribution in [0.15, 0.2) is 18.2 Å². The molecule has 0 saturated heterocycles. The van der Waals surface area contributed by atoms with Crippen LogP contribution in [0.2, 0.25) is 0 Å². The van der Waals surface area contributed by atoms with E-state index >= 15 is 0 Å². The highest BCUT2D eigenvalue weighted by atomic mass is 19.2. The van der Waals surface area contributed by atoms with Crippen molar-refractivity contribution in [1.29, 1.82) is 0 Å². The zero-order valence-corrected chi connectivity index (χ0v) is 13.4. The topological polar surface area (TPSA) is 67.2 Å². The van der Waals surface area contributed by atoms with Crippen LogP contribution < -0.4 is 5.32 Å². The first-order chi connectivity index (χ1) is 10.7. The van der Waals surface area contributed by atoms with Crippen molar-refractivity contribution in [3.63, 3.8) is 0 Å². The highest BCUT2D eigenvalue weighted by molar-refractivity contribution is 5.96. The van der Waals surface area contributed by atoms with E-state index in [1.54, 1.807) is 32.5 Å². The van der Waals surface area contributed by atoms with Crippen molar-refractivity contribution >= 4 is 5.91 Å². The Hall–Kier alpha value is -2.28. The second kappa shape index (κ2) is 6.45. The number of aromatic nitrogens is 2. The molecule has 2 rings (SSSR count). The minimum Gasteiger partial charge on any atom is -0.386 e. The molecule has 0 bridgehead atoms. The standard InChI is InChI=1S/C16H19F2N3O2/c1-8-14(10(3)21(4)20-8)16(23)19-9(2)15(22)11-5-6-12(17)13(18)7-11/h5-7,9,15,22H,1-4H3,(H,19,23). The highest BCUT2D eigenvalue weighted by Gasteiger charge is 2.23. The number of nitrogens with one attached hydrogen (secondary N) is 1. The van der Waals surface area contributed by atoms with Crippen molar-refractivity contribution in [1.82, 2.24) is 15.1 Å². The molecule has 2 aromatic rings. The number of carbonyl (C=O) groups excluding carboxylic acids is 1. The lowest BCUT2D eigenvalue weighted by Gasteiger charge is -2.21. The number of halogens is 2. The first kappa shape index (κ1) is 17.1. The maximum absolute atomic E-state index is 13.3. The van der Waals surface area contributed by atoms with Gasteiger partial charge in [0, 0.05) is 12.7 Å². The molecule has 1 aromatic heterocycles. The molecule has 0 radical (unpaired) electrons. The van der Waals surface area contributed by atoms with Gasteiger partial charge in [0.15, 0.2) is 11.6 Å². The molecular weight excluding hydrogens is 304 g/mol. The molecule has 1 heterocycles. The van der Waals surface area contributed by atoms with Crippen LogP contribution in [0.25, 0.3) is 0 Å². The summed E-state index contributed by atoms with van der Waals surface area (Å²) in [5.41, 5.74) is 1.92. The molecule has 2 atom stereocenters. The molecule has 124 valence electrons. The Bertz CT molecular complexity index is 743. The fraction of sp³-hybridized carbons (Fsp3) is 0.375. The van der Waals surface area contributed by atoms with Gasteiger partial charge >= 0.3 is 0 Å². The van der Waals surface area contributed by atoms with Crippen LogP contribution in [-0.4, -0.2) is 26.8 Å². The summed E-state index contributed by atoms with van der Waals surface area (Å²) in [6.45, 7) is 5.08. The lowest BCUT2D eigenvalue weighted by Crippen LogP contribution is -2.37. The van der Waals surface area contributed by atoms with Gasteiger partial charge in [-0.15, -0.1) is 0 Å². The number of benzene rings is 1. The Balaban J connectivity index is 2.15. The lowest BCUT2D eigenvalue weighted by molar-refractivity contribution is 0.0850. The monoisotopic (exact) mass is 323 g/mol. The molecule has 23 heavy (non-hydrogen) atoms. The first-order valence-corrected chi connectivity index (χ1v) is 7.16. The number of hydrogen-bond acceptors (Lipinski definition) is 3. The molecule has 1 amide bonds. The minimum atomic E-state index is -1.16. The molecule has 1 aromatic carbocycles. The number of hydrogen-bond donors (Lipinski definition) is 2. The average Bonchev–Trinajstić information content (AvgIpc) is 2.74. The van der Waals surface area contributed by atoms with Crippen molar-refractivity contribution in [3.8, 4) is 0 Å². The highest BCUT2D eigenvalue weighted by Crippen LogP contribution is 2.20. The third-order valence-electron chi connectivity index (χ3n) is 3.85. The SMILES string of the molecule is Cc1nn(C)c(C)c1C(=O)NC(C)C(O)c1ccc(F)c(F)c1. The summed E-state index contributed by atoms with van der Waals surface area (Å²) in [7, 11) is 1.73. The van der Waals surface area contributed by atoms with Gasteiger partial charge in [-0.3, -0.25) is 9.48 Å². The maximum atomic E-state index is 13.3. The number of aliphatic hydroxyl groups is 1. The molecule has 0 aliphatic rings. The van der Waals surface area contributed by atoms with E-state index in [4.69, 9.17) is 0 Å². The van der Waals surface area contributed by atoms with Crippen molar-refractivity contribution in [2.45, 2.75) is 32.9 Å². The third-order valence-corrected chi connectivity index (χ3v) is 3.85. The zero-order valence-electron chi connectivity index (χ0n) is 13.4. The molecule has 2 unspecified atom stereocenters. The van der Waals surface area contributed by atoms with Crippen molar-refractivity contribution in [2.75, 3.05) is 0 Å². The second-order valence-corrected chi connectivity index (χ2v) is 5.55. The van der Waals surface area contributed by atoms with Gasteiger partial charge in [0.2, 0.25) is 0 Å². The molecule has 5 nitrogen and oxygen atoms in total. The summed E-state index contributed by atoms with van der Waals surface area (Å²) in [6.07, 6.45) is -1.16. The summed E-state index contributed by atoms with van der Waals surface area (Å²) in [5, 5.41) is 17.0. The third kappa shape index (κ3) is 3.39. The summed E-state index contributed by atoms with van der Waals surface area (Å²) in [5.74, 6) is -2.40. The normalized spacial score (nSPS) is 13.7. The van der Waals surface area contributed by atoms with E-state index in [-0.39, 0.29) is 11.5 Å².